The van der Waals surface area contributed by atoms with Crippen molar-refractivity contribution in [2.24, 2.45) is 0 Å². The van der Waals surface area contributed by atoms with Gasteiger partial charge in [-0.25, -0.2) is 9.97 Å². The van der Waals surface area contributed by atoms with Gasteiger partial charge in [0.25, 0.3) is 5.91 Å². The first-order chi connectivity index (χ1) is 14.1. The second-order valence-corrected chi connectivity index (χ2v) is 5.99. The van der Waals surface area contributed by atoms with E-state index in [2.05, 4.69) is 20.6 Å². The van der Waals surface area contributed by atoms with Gasteiger partial charge < -0.3 is 24.8 Å². The number of methoxy groups -OCH3 is 3. The van der Waals surface area contributed by atoms with Crippen molar-refractivity contribution in [1.82, 2.24) is 15.3 Å². The molecule has 2 aromatic carbocycles. The summed E-state index contributed by atoms with van der Waals surface area (Å²) in [6.07, 6.45) is 1.53. The first-order valence-electron chi connectivity index (χ1n) is 8.86. The number of carbonyl (C=O) groups excluding carboxylic acids is 1. The Labute approximate surface area is 168 Å². The van der Waals surface area contributed by atoms with Gasteiger partial charge in [-0.05, 0) is 35.9 Å². The molecule has 8 nitrogen and oxygen atoms in total. The van der Waals surface area contributed by atoms with E-state index < -0.39 is 0 Å². The summed E-state index contributed by atoms with van der Waals surface area (Å²) in [5.74, 6) is 1.96. The number of carbonyl (C=O) groups is 1. The quantitative estimate of drug-likeness (QED) is 0.606. The van der Waals surface area contributed by atoms with Crippen LogP contribution in [0.25, 0.3) is 0 Å². The standard InChI is InChI=1S/C21H22N4O4/c1-27-16-7-4-14(5-8-16)13-23-20(26)17-10-11-22-21(25-17)24-15-6-9-18(28-2)19(12-15)29-3/h4-12H,13H2,1-3H3,(H,23,26)(H,22,24,25). The average molecular weight is 394 g/mol. The predicted octanol–water partition coefficient (Wildman–Crippen LogP) is 3.18. The molecule has 0 saturated carbocycles. The van der Waals surface area contributed by atoms with Gasteiger partial charge in [-0.3, -0.25) is 4.79 Å². The average Bonchev–Trinajstić information content (AvgIpc) is 2.77. The molecule has 0 atom stereocenters. The fraction of sp³-hybridized carbons (Fsp3) is 0.190. The Morgan fingerprint density at radius 2 is 1.69 bits per heavy atom. The van der Waals surface area contributed by atoms with E-state index in [-0.39, 0.29) is 11.6 Å². The minimum Gasteiger partial charge on any atom is -0.497 e. The Bertz CT molecular complexity index is 977. The Morgan fingerprint density at radius 1 is 0.931 bits per heavy atom. The molecule has 1 amide bonds. The molecule has 0 bridgehead atoms. The lowest BCUT2D eigenvalue weighted by molar-refractivity contribution is 0.0946. The van der Waals surface area contributed by atoms with E-state index >= 15 is 0 Å². The third kappa shape index (κ3) is 5.13. The molecule has 3 aromatic rings. The molecule has 8 heteroatoms. The molecule has 0 spiro atoms. The van der Waals surface area contributed by atoms with Crippen LogP contribution < -0.4 is 24.8 Å². The Morgan fingerprint density at radius 3 is 2.38 bits per heavy atom. The lowest BCUT2D eigenvalue weighted by Gasteiger charge is -2.11. The van der Waals surface area contributed by atoms with E-state index in [0.717, 1.165) is 11.3 Å². The predicted molar refractivity (Wildman–Crippen MR) is 109 cm³/mol. The van der Waals surface area contributed by atoms with Crippen molar-refractivity contribution >= 4 is 17.5 Å². The number of hydrogen-bond donors (Lipinski definition) is 2. The molecule has 0 fully saturated rings. The van der Waals surface area contributed by atoms with Crippen LogP contribution in [0.3, 0.4) is 0 Å². The minimum absolute atomic E-state index is 0.261. The number of amides is 1. The van der Waals surface area contributed by atoms with Gasteiger partial charge in [0.2, 0.25) is 5.95 Å². The fourth-order valence-electron chi connectivity index (χ4n) is 2.60. The summed E-state index contributed by atoms with van der Waals surface area (Å²) < 4.78 is 15.6. The summed E-state index contributed by atoms with van der Waals surface area (Å²) in [7, 11) is 4.74. The van der Waals surface area contributed by atoms with Crippen molar-refractivity contribution in [2.45, 2.75) is 6.54 Å². The number of benzene rings is 2. The van der Waals surface area contributed by atoms with Crippen LogP contribution >= 0.6 is 0 Å². The van der Waals surface area contributed by atoms with Crippen molar-refractivity contribution < 1.29 is 19.0 Å². The molecule has 3 rings (SSSR count). The van der Waals surface area contributed by atoms with Crippen LogP contribution in [0.1, 0.15) is 16.1 Å². The monoisotopic (exact) mass is 394 g/mol. The molecule has 1 heterocycles. The summed E-state index contributed by atoms with van der Waals surface area (Å²) in [5.41, 5.74) is 1.92. The van der Waals surface area contributed by atoms with Crippen LogP contribution in [0, 0.1) is 0 Å². The molecular formula is C21H22N4O4. The maximum absolute atomic E-state index is 12.4. The van der Waals surface area contributed by atoms with E-state index in [0.29, 0.717) is 29.7 Å². The van der Waals surface area contributed by atoms with Crippen molar-refractivity contribution in [3.8, 4) is 17.2 Å². The van der Waals surface area contributed by atoms with Crippen LogP contribution in [0.4, 0.5) is 11.6 Å². The van der Waals surface area contributed by atoms with Gasteiger partial charge in [-0.2, -0.15) is 0 Å². The molecule has 150 valence electrons. The highest BCUT2D eigenvalue weighted by molar-refractivity contribution is 5.92. The third-order valence-electron chi connectivity index (χ3n) is 4.14. The van der Waals surface area contributed by atoms with Crippen LogP contribution in [0.5, 0.6) is 17.2 Å². The zero-order valence-electron chi connectivity index (χ0n) is 16.4. The molecular weight excluding hydrogens is 372 g/mol. The van der Waals surface area contributed by atoms with Crippen molar-refractivity contribution in [3.05, 3.63) is 66.0 Å². The number of anilines is 2. The van der Waals surface area contributed by atoms with Gasteiger partial charge in [0.1, 0.15) is 11.4 Å². The van der Waals surface area contributed by atoms with Gasteiger partial charge >= 0.3 is 0 Å². The van der Waals surface area contributed by atoms with E-state index in [1.165, 1.54) is 6.20 Å². The summed E-state index contributed by atoms with van der Waals surface area (Å²) in [6, 6.07) is 14.4. The van der Waals surface area contributed by atoms with Gasteiger partial charge in [0.05, 0.1) is 21.3 Å². The van der Waals surface area contributed by atoms with Crippen LogP contribution in [0.15, 0.2) is 54.7 Å². The maximum atomic E-state index is 12.4. The lowest BCUT2D eigenvalue weighted by atomic mass is 10.2. The number of hydrogen-bond acceptors (Lipinski definition) is 7. The van der Waals surface area contributed by atoms with Crippen LogP contribution in [0.2, 0.25) is 0 Å². The molecule has 0 radical (unpaired) electrons. The number of ether oxygens (including phenoxy) is 3. The molecule has 0 aliphatic heterocycles. The van der Waals surface area contributed by atoms with Gasteiger partial charge in [0, 0.05) is 24.5 Å². The first-order valence-corrected chi connectivity index (χ1v) is 8.86. The third-order valence-corrected chi connectivity index (χ3v) is 4.14. The summed E-state index contributed by atoms with van der Waals surface area (Å²) in [4.78, 5) is 20.9. The lowest BCUT2D eigenvalue weighted by Crippen LogP contribution is -2.24. The maximum Gasteiger partial charge on any atom is 0.270 e. The smallest absolute Gasteiger partial charge is 0.270 e. The fourth-order valence-corrected chi connectivity index (χ4v) is 2.60. The van der Waals surface area contributed by atoms with Crippen molar-refractivity contribution in [2.75, 3.05) is 26.6 Å². The first kappa shape index (κ1) is 19.9. The number of rotatable bonds is 8. The van der Waals surface area contributed by atoms with E-state index in [1.54, 1.807) is 45.6 Å². The zero-order chi connectivity index (χ0) is 20.6. The van der Waals surface area contributed by atoms with Crippen LogP contribution in [-0.2, 0) is 6.54 Å². The second kappa shape index (κ2) is 9.41. The van der Waals surface area contributed by atoms with E-state index in [4.69, 9.17) is 14.2 Å². The van der Waals surface area contributed by atoms with E-state index in [9.17, 15) is 4.79 Å². The molecule has 1 aromatic heterocycles. The van der Waals surface area contributed by atoms with E-state index in [1.807, 2.05) is 24.3 Å². The van der Waals surface area contributed by atoms with Gasteiger partial charge in [0.15, 0.2) is 11.5 Å². The number of aromatic nitrogens is 2. The van der Waals surface area contributed by atoms with Crippen molar-refractivity contribution in [1.29, 1.82) is 0 Å². The topological polar surface area (TPSA) is 94.6 Å². The summed E-state index contributed by atoms with van der Waals surface area (Å²) in [5, 5.41) is 5.90. The second-order valence-electron chi connectivity index (χ2n) is 5.99. The largest absolute Gasteiger partial charge is 0.497 e. The highest BCUT2D eigenvalue weighted by Gasteiger charge is 2.10. The summed E-state index contributed by atoms with van der Waals surface area (Å²) >= 11 is 0. The van der Waals surface area contributed by atoms with Crippen LogP contribution in [-0.4, -0.2) is 37.2 Å². The molecule has 0 aliphatic rings. The zero-order valence-corrected chi connectivity index (χ0v) is 16.4. The molecule has 0 unspecified atom stereocenters. The number of nitrogens with zero attached hydrogens (tertiary/aromatic N) is 2. The SMILES string of the molecule is COc1ccc(CNC(=O)c2ccnc(Nc3ccc(OC)c(OC)c3)n2)cc1. The highest BCUT2D eigenvalue weighted by atomic mass is 16.5. The normalized spacial score (nSPS) is 10.2. The highest BCUT2D eigenvalue weighted by Crippen LogP contribution is 2.30. The summed E-state index contributed by atoms with van der Waals surface area (Å²) in [6.45, 7) is 0.380. The minimum atomic E-state index is -0.293. The Balaban J connectivity index is 1.66. The molecule has 0 aliphatic carbocycles. The molecule has 0 saturated heterocycles. The Kier molecular flexibility index (Phi) is 6.47. The van der Waals surface area contributed by atoms with Gasteiger partial charge in [-0.1, -0.05) is 12.1 Å². The molecule has 29 heavy (non-hydrogen) atoms. The van der Waals surface area contributed by atoms with Gasteiger partial charge in [-0.15, -0.1) is 0 Å². The van der Waals surface area contributed by atoms with Crippen molar-refractivity contribution in [3.63, 3.8) is 0 Å². The molecule has 2 N–H and O–H groups in total. The Hall–Kier alpha value is -3.81. The number of nitrogens with one attached hydrogen (secondary N) is 2.